The van der Waals surface area contributed by atoms with Crippen LogP contribution >= 0.6 is 23.1 Å². The molecular formula is C23H25N5O2S2. The van der Waals surface area contributed by atoms with Gasteiger partial charge in [-0.15, -0.1) is 16.4 Å². The molecule has 1 aromatic carbocycles. The van der Waals surface area contributed by atoms with Gasteiger partial charge < -0.3 is 10.1 Å². The number of nitrogens with zero attached hydrogens (tertiary/aromatic N) is 3. The van der Waals surface area contributed by atoms with Crippen molar-refractivity contribution in [2.24, 2.45) is 0 Å². The van der Waals surface area contributed by atoms with Gasteiger partial charge in [0.05, 0.1) is 10.8 Å². The number of aromatic nitrogens is 3. The maximum absolute atomic E-state index is 12.8. The van der Waals surface area contributed by atoms with E-state index in [9.17, 15) is 10.1 Å². The third-order valence-electron chi connectivity index (χ3n) is 5.39. The monoisotopic (exact) mass is 467 g/mol. The Morgan fingerprint density at radius 2 is 2.16 bits per heavy atom. The Morgan fingerprint density at radius 3 is 2.97 bits per heavy atom. The molecule has 1 aliphatic rings. The molecule has 2 aromatic heterocycles. The molecule has 0 spiro atoms. The molecule has 0 saturated heterocycles. The largest absolute Gasteiger partial charge is 0.485 e. The number of rotatable bonds is 7. The van der Waals surface area contributed by atoms with Gasteiger partial charge in [0, 0.05) is 4.88 Å². The standard InChI is InChI=1S/C23H25N5O2S2/c1-14-8-6-7-10-18(14)30-13-20-25-23(28-27-20)31-15(2)21(29)26-22-17(12-24)16-9-4-3-5-11-19(16)32-22/h6-8,10,15H,3-5,9,11,13H2,1-2H3,(H,26,29)(H,25,27,28)/t15-/m0/s1. The van der Waals surface area contributed by atoms with Gasteiger partial charge in [0.2, 0.25) is 11.1 Å². The molecule has 7 nitrogen and oxygen atoms in total. The van der Waals surface area contributed by atoms with Crippen LogP contribution in [0, 0.1) is 18.3 Å². The van der Waals surface area contributed by atoms with E-state index in [1.165, 1.54) is 23.1 Å². The zero-order valence-electron chi connectivity index (χ0n) is 18.1. The molecule has 0 aliphatic heterocycles. The zero-order chi connectivity index (χ0) is 22.5. The molecule has 0 fully saturated rings. The Hall–Kier alpha value is -2.83. The number of carbonyl (C=O) groups excluding carboxylic acids is 1. The molecule has 1 aliphatic carbocycles. The summed E-state index contributed by atoms with van der Waals surface area (Å²) in [6.07, 6.45) is 5.33. The lowest BCUT2D eigenvalue weighted by molar-refractivity contribution is -0.115. The summed E-state index contributed by atoms with van der Waals surface area (Å²) in [6.45, 7) is 4.07. The Bertz CT molecular complexity index is 1150. The second-order valence-corrected chi connectivity index (χ2v) is 10.2. The fraction of sp³-hybridized carbons (Fsp3) is 0.391. The number of nitriles is 1. The quantitative estimate of drug-likeness (QED) is 0.374. The van der Waals surface area contributed by atoms with Gasteiger partial charge in [0.15, 0.2) is 5.82 Å². The van der Waals surface area contributed by atoms with Crippen LogP contribution in [0.25, 0.3) is 0 Å². The average molecular weight is 468 g/mol. The normalized spacial score (nSPS) is 14.2. The molecule has 2 heterocycles. The second kappa shape index (κ2) is 10.2. The van der Waals surface area contributed by atoms with E-state index in [4.69, 9.17) is 4.74 Å². The number of H-pyrrole nitrogens is 1. The molecule has 0 radical (unpaired) electrons. The number of hydrogen-bond acceptors (Lipinski definition) is 7. The number of thiophene rings is 1. The van der Waals surface area contributed by atoms with Crippen molar-refractivity contribution in [3.8, 4) is 11.8 Å². The number of hydrogen-bond donors (Lipinski definition) is 2. The SMILES string of the molecule is Cc1ccccc1OCc1nc(S[C@@H](C)C(=O)Nc2sc3c(c2C#N)CCCCC3)n[nH]1. The first-order chi connectivity index (χ1) is 15.5. The highest BCUT2D eigenvalue weighted by molar-refractivity contribution is 8.00. The molecule has 0 bridgehead atoms. The fourth-order valence-corrected chi connectivity index (χ4v) is 5.62. The maximum atomic E-state index is 12.8. The first kappa shape index (κ1) is 22.4. The van der Waals surface area contributed by atoms with E-state index in [0.717, 1.165) is 42.6 Å². The van der Waals surface area contributed by atoms with E-state index in [0.29, 0.717) is 21.5 Å². The van der Waals surface area contributed by atoms with Crippen LogP contribution in [0.5, 0.6) is 5.75 Å². The topological polar surface area (TPSA) is 104 Å². The number of fused-ring (bicyclic) bond motifs is 1. The van der Waals surface area contributed by atoms with E-state index in [1.807, 2.05) is 38.1 Å². The van der Waals surface area contributed by atoms with Crippen molar-refractivity contribution in [2.45, 2.75) is 63.0 Å². The van der Waals surface area contributed by atoms with Crippen molar-refractivity contribution in [3.05, 3.63) is 51.7 Å². The van der Waals surface area contributed by atoms with Crippen molar-refractivity contribution >= 4 is 34.0 Å². The smallest absolute Gasteiger partial charge is 0.238 e. The Morgan fingerprint density at radius 1 is 1.34 bits per heavy atom. The van der Waals surface area contributed by atoms with Gasteiger partial charge in [-0.25, -0.2) is 4.98 Å². The van der Waals surface area contributed by atoms with Crippen LogP contribution in [0.4, 0.5) is 5.00 Å². The molecule has 3 aromatic rings. The van der Waals surface area contributed by atoms with Gasteiger partial charge in [-0.05, 0) is 56.7 Å². The first-order valence-corrected chi connectivity index (χ1v) is 12.4. The molecule has 32 heavy (non-hydrogen) atoms. The minimum atomic E-state index is -0.413. The summed E-state index contributed by atoms with van der Waals surface area (Å²) in [4.78, 5) is 18.5. The number of ether oxygens (including phenoxy) is 1. The van der Waals surface area contributed by atoms with Crippen LogP contribution < -0.4 is 10.1 Å². The minimum Gasteiger partial charge on any atom is -0.485 e. The van der Waals surface area contributed by atoms with Crippen molar-refractivity contribution in [2.75, 3.05) is 5.32 Å². The van der Waals surface area contributed by atoms with Crippen molar-refractivity contribution in [3.63, 3.8) is 0 Å². The highest BCUT2D eigenvalue weighted by atomic mass is 32.2. The molecule has 4 rings (SSSR count). The summed E-state index contributed by atoms with van der Waals surface area (Å²) in [5.41, 5.74) is 2.80. The highest BCUT2D eigenvalue weighted by Crippen LogP contribution is 2.37. The van der Waals surface area contributed by atoms with Crippen LogP contribution in [0.1, 0.15) is 53.6 Å². The first-order valence-electron chi connectivity index (χ1n) is 10.7. The lowest BCUT2D eigenvalue weighted by Crippen LogP contribution is -2.22. The number of aryl methyl sites for hydroxylation is 2. The number of para-hydroxylation sites is 1. The molecule has 2 N–H and O–H groups in total. The van der Waals surface area contributed by atoms with Crippen LogP contribution in [-0.2, 0) is 24.2 Å². The summed E-state index contributed by atoms with van der Waals surface area (Å²) in [6, 6.07) is 10.1. The van der Waals surface area contributed by atoms with Gasteiger partial charge >= 0.3 is 0 Å². The van der Waals surface area contributed by atoms with Gasteiger partial charge in [-0.2, -0.15) is 5.26 Å². The van der Waals surface area contributed by atoms with E-state index in [-0.39, 0.29) is 12.5 Å². The second-order valence-electron chi connectivity index (χ2n) is 7.75. The molecule has 1 amide bonds. The fourth-order valence-electron chi connectivity index (χ4n) is 3.63. The predicted octanol–water partition coefficient (Wildman–Crippen LogP) is 5.01. The Balaban J connectivity index is 1.35. The van der Waals surface area contributed by atoms with Gasteiger partial charge in [-0.1, -0.05) is 36.4 Å². The van der Waals surface area contributed by atoms with Gasteiger partial charge in [0.1, 0.15) is 23.4 Å². The highest BCUT2D eigenvalue weighted by Gasteiger charge is 2.23. The predicted molar refractivity (Wildman–Crippen MR) is 126 cm³/mol. The number of aromatic amines is 1. The number of nitrogens with one attached hydrogen (secondary N) is 2. The third kappa shape index (κ3) is 5.14. The number of thioether (sulfide) groups is 1. The van der Waals surface area contributed by atoms with E-state index in [2.05, 4.69) is 26.6 Å². The van der Waals surface area contributed by atoms with Crippen molar-refractivity contribution < 1.29 is 9.53 Å². The summed E-state index contributed by atoms with van der Waals surface area (Å²) in [5, 5.41) is 20.4. The lowest BCUT2D eigenvalue weighted by atomic mass is 10.1. The molecule has 0 saturated carbocycles. The third-order valence-corrected chi connectivity index (χ3v) is 7.56. The minimum absolute atomic E-state index is 0.162. The van der Waals surface area contributed by atoms with Crippen molar-refractivity contribution in [1.82, 2.24) is 15.2 Å². The van der Waals surface area contributed by atoms with Crippen LogP contribution in [0.15, 0.2) is 29.4 Å². The Kier molecular flexibility index (Phi) is 7.12. The number of carbonyl (C=O) groups is 1. The molecule has 9 heteroatoms. The number of anilines is 1. The zero-order valence-corrected chi connectivity index (χ0v) is 19.7. The summed E-state index contributed by atoms with van der Waals surface area (Å²) in [7, 11) is 0. The molecule has 166 valence electrons. The Labute approximate surface area is 195 Å². The average Bonchev–Trinajstić information content (AvgIpc) is 3.29. The number of benzene rings is 1. The van der Waals surface area contributed by atoms with Gasteiger partial charge in [-0.3, -0.25) is 9.89 Å². The molecular weight excluding hydrogens is 442 g/mol. The molecule has 0 unspecified atom stereocenters. The summed E-state index contributed by atoms with van der Waals surface area (Å²) >= 11 is 2.81. The van der Waals surface area contributed by atoms with E-state index >= 15 is 0 Å². The van der Waals surface area contributed by atoms with E-state index < -0.39 is 5.25 Å². The number of amides is 1. The van der Waals surface area contributed by atoms with Crippen LogP contribution in [-0.4, -0.2) is 26.3 Å². The maximum Gasteiger partial charge on any atom is 0.238 e. The van der Waals surface area contributed by atoms with Crippen LogP contribution in [0.3, 0.4) is 0 Å². The summed E-state index contributed by atoms with van der Waals surface area (Å²) < 4.78 is 5.79. The summed E-state index contributed by atoms with van der Waals surface area (Å²) in [5.74, 6) is 1.23. The molecule has 1 atom stereocenters. The lowest BCUT2D eigenvalue weighted by Gasteiger charge is -2.09. The van der Waals surface area contributed by atoms with Crippen LogP contribution in [0.2, 0.25) is 0 Å². The van der Waals surface area contributed by atoms with E-state index in [1.54, 1.807) is 11.3 Å². The van der Waals surface area contributed by atoms with Gasteiger partial charge in [0.25, 0.3) is 0 Å². The van der Waals surface area contributed by atoms with Crippen molar-refractivity contribution in [1.29, 1.82) is 5.26 Å².